The Balaban J connectivity index is 1.90. The van der Waals surface area contributed by atoms with Crippen molar-refractivity contribution < 1.29 is 9.13 Å². The van der Waals surface area contributed by atoms with Crippen LogP contribution in [0.2, 0.25) is 0 Å². The van der Waals surface area contributed by atoms with Crippen LogP contribution in [0.1, 0.15) is 0 Å². The summed E-state index contributed by atoms with van der Waals surface area (Å²) in [6.45, 7) is 0. The number of ether oxygens (including phenoxy) is 1. The molecule has 0 spiro atoms. The van der Waals surface area contributed by atoms with Gasteiger partial charge in [-0.2, -0.15) is 0 Å². The first-order chi connectivity index (χ1) is 12.8. The highest BCUT2D eigenvalue weighted by molar-refractivity contribution is 5.95. The van der Waals surface area contributed by atoms with Crippen molar-refractivity contribution in [1.29, 1.82) is 0 Å². The molecule has 0 radical (unpaired) electrons. The molecule has 4 rings (SSSR count). The molecule has 4 aromatic rings. The number of nitrogens with one attached hydrogen (secondary N) is 1. The van der Waals surface area contributed by atoms with Crippen molar-refractivity contribution >= 4 is 22.3 Å². The normalized spacial score (nSPS) is 10.7. The van der Waals surface area contributed by atoms with Crippen molar-refractivity contribution in [3.8, 4) is 17.0 Å². The minimum atomic E-state index is -0.398. The number of rotatable bonds is 4. The average molecular weight is 345 g/mol. The van der Waals surface area contributed by atoms with E-state index in [4.69, 9.17) is 4.74 Å². The number of fused-ring (bicyclic) bond motifs is 1. The molecule has 5 heteroatoms. The molecule has 4 nitrogen and oxygen atoms in total. The number of methoxy groups -OCH3 is 1. The molecule has 0 saturated heterocycles. The minimum Gasteiger partial charge on any atom is -0.497 e. The monoisotopic (exact) mass is 345 g/mol. The molecule has 2 heterocycles. The van der Waals surface area contributed by atoms with Gasteiger partial charge in [-0.25, -0.2) is 9.37 Å². The summed E-state index contributed by atoms with van der Waals surface area (Å²) >= 11 is 0. The molecule has 0 aliphatic carbocycles. The minimum absolute atomic E-state index is 0.294. The molecule has 0 fully saturated rings. The van der Waals surface area contributed by atoms with Crippen LogP contribution >= 0.6 is 0 Å². The van der Waals surface area contributed by atoms with Crippen LogP contribution in [0.5, 0.6) is 5.75 Å². The van der Waals surface area contributed by atoms with E-state index in [0.29, 0.717) is 22.7 Å². The number of benzene rings is 2. The molecule has 0 aliphatic heterocycles. The Morgan fingerprint density at radius 3 is 2.38 bits per heavy atom. The second-order valence-electron chi connectivity index (χ2n) is 5.76. The number of hydrogen-bond acceptors (Lipinski definition) is 4. The van der Waals surface area contributed by atoms with Gasteiger partial charge >= 0.3 is 0 Å². The number of nitrogens with zero attached hydrogens (tertiary/aromatic N) is 2. The van der Waals surface area contributed by atoms with Crippen molar-refractivity contribution in [3.05, 3.63) is 78.9 Å². The van der Waals surface area contributed by atoms with Crippen LogP contribution in [0, 0.1) is 5.82 Å². The zero-order valence-corrected chi connectivity index (χ0v) is 14.1. The number of pyridine rings is 2. The SMILES string of the molecule is COc1ccc(-c2nc3ccccc3c(Nc3ccncc3)c2F)cc1. The first-order valence-electron chi connectivity index (χ1n) is 8.16. The largest absolute Gasteiger partial charge is 0.497 e. The van der Waals surface area contributed by atoms with E-state index < -0.39 is 5.82 Å². The lowest BCUT2D eigenvalue weighted by molar-refractivity contribution is 0.415. The van der Waals surface area contributed by atoms with Gasteiger partial charge in [0, 0.05) is 29.0 Å². The highest BCUT2D eigenvalue weighted by Gasteiger charge is 2.16. The van der Waals surface area contributed by atoms with Gasteiger partial charge < -0.3 is 10.1 Å². The fourth-order valence-electron chi connectivity index (χ4n) is 2.83. The van der Waals surface area contributed by atoms with Crippen LogP contribution in [-0.4, -0.2) is 17.1 Å². The summed E-state index contributed by atoms with van der Waals surface area (Å²) in [5.74, 6) is 0.316. The van der Waals surface area contributed by atoms with Gasteiger partial charge in [-0.3, -0.25) is 4.98 Å². The number of halogens is 1. The second kappa shape index (κ2) is 6.80. The Bertz CT molecular complexity index is 1050. The quantitative estimate of drug-likeness (QED) is 0.553. The summed E-state index contributed by atoms with van der Waals surface area (Å²) in [6.07, 6.45) is 3.32. The van der Waals surface area contributed by atoms with Crippen molar-refractivity contribution in [2.45, 2.75) is 0 Å². The molecule has 0 bridgehead atoms. The van der Waals surface area contributed by atoms with Gasteiger partial charge in [-0.15, -0.1) is 0 Å². The number of anilines is 2. The summed E-state index contributed by atoms with van der Waals surface area (Å²) in [5.41, 5.74) is 2.86. The first kappa shape index (κ1) is 16.0. The second-order valence-corrected chi connectivity index (χ2v) is 5.76. The number of hydrogen-bond donors (Lipinski definition) is 1. The van der Waals surface area contributed by atoms with Crippen LogP contribution in [0.25, 0.3) is 22.2 Å². The highest BCUT2D eigenvalue weighted by atomic mass is 19.1. The van der Waals surface area contributed by atoms with E-state index in [-0.39, 0.29) is 0 Å². The van der Waals surface area contributed by atoms with Crippen molar-refractivity contribution in [2.24, 2.45) is 0 Å². The highest BCUT2D eigenvalue weighted by Crippen LogP contribution is 2.34. The van der Waals surface area contributed by atoms with E-state index in [1.54, 1.807) is 55.9 Å². The lowest BCUT2D eigenvalue weighted by Crippen LogP contribution is -2.00. The maximum atomic E-state index is 15.4. The summed E-state index contributed by atoms with van der Waals surface area (Å²) in [5, 5.41) is 3.89. The Morgan fingerprint density at radius 1 is 0.923 bits per heavy atom. The Labute approximate surface area is 150 Å². The van der Waals surface area contributed by atoms with Gasteiger partial charge in [0.1, 0.15) is 11.4 Å². The molecule has 128 valence electrons. The molecule has 0 aliphatic rings. The smallest absolute Gasteiger partial charge is 0.173 e. The van der Waals surface area contributed by atoms with Crippen molar-refractivity contribution in [1.82, 2.24) is 9.97 Å². The van der Waals surface area contributed by atoms with Gasteiger partial charge in [0.25, 0.3) is 0 Å². The topological polar surface area (TPSA) is 47.0 Å². The Morgan fingerprint density at radius 2 is 1.65 bits per heavy atom. The van der Waals surface area contributed by atoms with Crippen molar-refractivity contribution in [2.75, 3.05) is 12.4 Å². The van der Waals surface area contributed by atoms with Crippen LogP contribution in [0.15, 0.2) is 73.1 Å². The van der Waals surface area contributed by atoms with E-state index >= 15 is 4.39 Å². The van der Waals surface area contributed by atoms with Gasteiger partial charge in [-0.05, 0) is 42.5 Å². The zero-order chi connectivity index (χ0) is 17.9. The molecule has 1 N–H and O–H groups in total. The molecule has 0 unspecified atom stereocenters. The third kappa shape index (κ3) is 2.95. The van der Waals surface area contributed by atoms with Gasteiger partial charge in [0.05, 0.1) is 18.3 Å². The lowest BCUT2D eigenvalue weighted by atomic mass is 10.1. The van der Waals surface area contributed by atoms with Crippen LogP contribution in [0.4, 0.5) is 15.8 Å². The summed E-state index contributed by atoms with van der Waals surface area (Å²) in [4.78, 5) is 8.53. The molecule has 0 saturated carbocycles. The van der Waals surface area contributed by atoms with Gasteiger partial charge in [0.15, 0.2) is 5.82 Å². The molecule has 0 atom stereocenters. The number of aromatic nitrogens is 2. The molecule has 26 heavy (non-hydrogen) atoms. The molecule has 2 aromatic carbocycles. The van der Waals surface area contributed by atoms with E-state index in [0.717, 1.165) is 16.6 Å². The van der Waals surface area contributed by atoms with Crippen LogP contribution in [-0.2, 0) is 0 Å². The summed E-state index contributed by atoms with van der Waals surface area (Å²) < 4.78 is 20.6. The maximum absolute atomic E-state index is 15.4. The zero-order valence-electron chi connectivity index (χ0n) is 14.1. The third-order valence-electron chi connectivity index (χ3n) is 4.15. The molecular weight excluding hydrogens is 329 g/mol. The molecule has 0 amide bonds. The lowest BCUT2D eigenvalue weighted by Gasteiger charge is -2.14. The van der Waals surface area contributed by atoms with E-state index in [1.165, 1.54) is 0 Å². The predicted octanol–water partition coefficient (Wildman–Crippen LogP) is 5.19. The van der Waals surface area contributed by atoms with Crippen LogP contribution in [0.3, 0.4) is 0 Å². The predicted molar refractivity (Wildman–Crippen MR) is 101 cm³/mol. The Kier molecular flexibility index (Phi) is 4.19. The summed E-state index contributed by atoms with van der Waals surface area (Å²) in [7, 11) is 1.60. The maximum Gasteiger partial charge on any atom is 0.173 e. The molecule has 2 aromatic heterocycles. The van der Waals surface area contributed by atoms with Gasteiger partial charge in [-0.1, -0.05) is 18.2 Å². The van der Waals surface area contributed by atoms with E-state index in [1.807, 2.05) is 24.3 Å². The van der Waals surface area contributed by atoms with Gasteiger partial charge in [0.2, 0.25) is 0 Å². The fourth-order valence-corrected chi connectivity index (χ4v) is 2.83. The van der Waals surface area contributed by atoms with E-state index in [2.05, 4.69) is 15.3 Å². The standard InChI is InChI=1S/C21H16FN3O/c1-26-16-8-6-14(7-9-16)20-19(22)21(24-15-10-12-23-13-11-15)17-4-2-3-5-18(17)25-20/h2-13H,1H3,(H,23,24,25). The van der Waals surface area contributed by atoms with Crippen LogP contribution < -0.4 is 10.1 Å². The van der Waals surface area contributed by atoms with Crippen molar-refractivity contribution in [3.63, 3.8) is 0 Å². The average Bonchev–Trinajstić information content (AvgIpc) is 2.71. The number of para-hydroxylation sites is 1. The molecular formula is C21H16FN3O. The first-order valence-corrected chi connectivity index (χ1v) is 8.16. The Hall–Kier alpha value is -3.47. The van der Waals surface area contributed by atoms with E-state index in [9.17, 15) is 0 Å². The summed E-state index contributed by atoms with van der Waals surface area (Å²) in [6, 6.07) is 18.3. The fraction of sp³-hybridized carbons (Fsp3) is 0.0476. The third-order valence-corrected chi connectivity index (χ3v) is 4.15.